The first-order chi connectivity index (χ1) is 8.68. The molecule has 2 N–H and O–H groups in total. The van der Waals surface area contributed by atoms with Crippen LogP contribution < -0.4 is 5.32 Å². The van der Waals surface area contributed by atoms with E-state index in [0.717, 1.165) is 45.4 Å². The smallest absolute Gasteiger partial charge is 0.0798 e. The Labute approximate surface area is 109 Å². The van der Waals surface area contributed by atoms with Crippen molar-refractivity contribution in [3.05, 3.63) is 30.1 Å². The first kappa shape index (κ1) is 13.5. The summed E-state index contributed by atoms with van der Waals surface area (Å²) in [6.07, 6.45) is 6.37. The molecular weight excluding hydrogens is 226 g/mol. The van der Waals surface area contributed by atoms with Crippen molar-refractivity contribution in [2.75, 3.05) is 33.2 Å². The summed E-state index contributed by atoms with van der Waals surface area (Å²) in [5.41, 5.74) is 0.798. The number of nitrogens with zero attached hydrogens (tertiary/aromatic N) is 2. The Morgan fingerprint density at radius 3 is 2.67 bits per heavy atom. The maximum Gasteiger partial charge on any atom is 0.0798 e. The van der Waals surface area contributed by atoms with Crippen molar-refractivity contribution in [2.45, 2.75) is 24.9 Å². The van der Waals surface area contributed by atoms with Crippen LogP contribution in [0.15, 0.2) is 24.5 Å². The second-order valence-corrected chi connectivity index (χ2v) is 5.32. The van der Waals surface area contributed by atoms with Crippen LogP contribution in [0.1, 0.15) is 18.4 Å². The molecule has 1 aromatic rings. The van der Waals surface area contributed by atoms with Crippen molar-refractivity contribution in [2.24, 2.45) is 0 Å². The standard InChI is InChI=1S/C14H23N3O/c1-17(11-4-13-2-7-15-8-3-13)12-14(18)5-9-16-10-6-14/h2-3,7-8,16,18H,4-6,9-12H2,1H3. The summed E-state index contributed by atoms with van der Waals surface area (Å²) in [4.78, 5) is 6.24. The molecule has 0 radical (unpaired) electrons. The summed E-state index contributed by atoms with van der Waals surface area (Å²) in [5, 5.41) is 13.7. The fraction of sp³-hybridized carbons (Fsp3) is 0.643. The Morgan fingerprint density at radius 2 is 2.00 bits per heavy atom. The fourth-order valence-corrected chi connectivity index (χ4v) is 2.50. The van der Waals surface area contributed by atoms with Gasteiger partial charge in [0, 0.05) is 25.5 Å². The van der Waals surface area contributed by atoms with Crippen LogP contribution in [0.2, 0.25) is 0 Å². The van der Waals surface area contributed by atoms with Gasteiger partial charge in [-0.15, -0.1) is 0 Å². The van der Waals surface area contributed by atoms with E-state index in [9.17, 15) is 5.11 Å². The second-order valence-electron chi connectivity index (χ2n) is 5.32. The molecule has 2 rings (SSSR count). The topological polar surface area (TPSA) is 48.4 Å². The number of pyridine rings is 1. The van der Waals surface area contributed by atoms with E-state index in [1.807, 2.05) is 24.5 Å². The van der Waals surface area contributed by atoms with Gasteiger partial charge in [0.05, 0.1) is 5.60 Å². The molecule has 0 amide bonds. The molecule has 4 heteroatoms. The maximum atomic E-state index is 10.4. The molecule has 4 nitrogen and oxygen atoms in total. The molecule has 1 fully saturated rings. The molecule has 0 aromatic carbocycles. The summed E-state index contributed by atoms with van der Waals surface area (Å²) >= 11 is 0. The average molecular weight is 249 g/mol. The minimum Gasteiger partial charge on any atom is -0.388 e. The molecule has 1 aliphatic rings. The second kappa shape index (κ2) is 6.27. The van der Waals surface area contributed by atoms with Gasteiger partial charge in [-0.2, -0.15) is 0 Å². The molecule has 0 bridgehead atoms. The molecule has 18 heavy (non-hydrogen) atoms. The summed E-state index contributed by atoms with van der Waals surface area (Å²) in [6.45, 7) is 3.59. The van der Waals surface area contributed by atoms with Gasteiger partial charge in [-0.25, -0.2) is 0 Å². The van der Waals surface area contributed by atoms with Gasteiger partial charge in [0.2, 0.25) is 0 Å². The molecule has 0 unspecified atom stereocenters. The van der Waals surface area contributed by atoms with Gasteiger partial charge in [-0.1, -0.05) is 0 Å². The van der Waals surface area contributed by atoms with E-state index in [0.29, 0.717) is 0 Å². The van der Waals surface area contributed by atoms with Crippen molar-refractivity contribution < 1.29 is 5.11 Å². The van der Waals surface area contributed by atoms with Crippen molar-refractivity contribution in [1.29, 1.82) is 0 Å². The van der Waals surface area contributed by atoms with E-state index in [2.05, 4.69) is 22.2 Å². The highest BCUT2D eigenvalue weighted by molar-refractivity contribution is 5.09. The summed E-state index contributed by atoms with van der Waals surface area (Å²) in [5.74, 6) is 0. The van der Waals surface area contributed by atoms with Gasteiger partial charge in [0.25, 0.3) is 0 Å². The normalized spacial score (nSPS) is 19.1. The summed E-state index contributed by atoms with van der Waals surface area (Å²) in [7, 11) is 2.08. The molecule has 0 spiro atoms. The van der Waals surface area contributed by atoms with Crippen LogP contribution in [-0.2, 0) is 6.42 Å². The Morgan fingerprint density at radius 1 is 1.33 bits per heavy atom. The van der Waals surface area contributed by atoms with Gasteiger partial charge in [0.15, 0.2) is 0 Å². The average Bonchev–Trinajstić information content (AvgIpc) is 2.38. The van der Waals surface area contributed by atoms with Gasteiger partial charge in [-0.3, -0.25) is 4.98 Å². The molecule has 1 saturated heterocycles. The summed E-state index contributed by atoms with van der Waals surface area (Å²) in [6, 6.07) is 4.10. The third-order valence-electron chi connectivity index (χ3n) is 3.63. The monoisotopic (exact) mass is 249 g/mol. The van der Waals surface area contributed by atoms with E-state index >= 15 is 0 Å². The van der Waals surface area contributed by atoms with E-state index < -0.39 is 5.60 Å². The maximum absolute atomic E-state index is 10.4. The van der Waals surface area contributed by atoms with Crippen LogP contribution in [0.3, 0.4) is 0 Å². The molecule has 1 aromatic heterocycles. The van der Waals surface area contributed by atoms with E-state index in [4.69, 9.17) is 0 Å². The molecule has 100 valence electrons. The lowest BCUT2D eigenvalue weighted by Gasteiger charge is -2.36. The molecule has 0 atom stereocenters. The Bertz CT molecular complexity index is 349. The number of aromatic nitrogens is 1. The molecule has 1 aliphatic heterocycles. The predicted octanol–water partition coefficient (Wildman–Crippen LogP) is 0.670. The van der Waals surface area contributed by atoms with Gasteiger partial charge in [-0.05, 0) is 57.1 Å². The third-order valence-corrected chi connectivity index (χ3v) is 3.63. The number of likely N-dealkylation sites (N-methyl/N-ethyl adjacent to an activating group) is 1. The fourth-order valence-electron chi connectivity index (χ4n) is 2.50. The zero-order valence-electron chi connectivity index (χ0n) is 11.1. The first-order valence-electron chi connectivity index (χ1n) is 6.69. The lowest BCUT2D eigenvalue weighted by atomic mass is 9.92. The molecular formula is C14H23N3O. The highest BCUT2D eigenvalue weighted by Gasteiger charge is 2.29. The van der Waals surface area contributed by atoms with Crippen LogP contribution in [0.5, 0.6) is 0 Å². The van der Waals surface area contributed by atoms with E-state index in [-0.39, 0.29) is 0 Å². The highest BCUT2D eigenvalue weighted by Crippen LogP contribution is 2.18. The number of hydrogen-bond donors (Lipinski definition) is 2. The quantitative estimate of drug-likeness (QED) is 0.805. The van der Waals surface area contributed by atoms with E-state index in [1.54, 1.807) is 0 Å². The van der Waals surface area contributed by atoms with Gasteiger partial charge >= 0.3 is 0 Å². The lowest BCUT2D eigenvalue weighted by molar-refractivity contribution is -0.0150. The molecule has 0 saturated carbocycles. The van der Waals surface area contributed by atoms with Crippen LogP contribution in [-0.4, -0.2) is 53.8 Å². The van der Waals surface area contributed by atoms with Crippen LogP contribution >= 0.6 is 0 Å². The van der Waals surface area contributed by atoms with Crippen molar-refractivity contribution in [3.63, 3.8) is 0 Å². The highest BCUT2D eigenvalue weighted by atomic mass is 16.3. The van der Waals surface area contributed by atoms with Crippen LogP contribution in [0, 0.1) is 0 Å². The van der Waals surface area contributed by atoms with Gasteiger partial charge < -0.3 is 15.3 Å². The summed E-state index contributed by atoms with van der Waals surface area (Å²) < 4.78 is 0. The zero-order chi connectivity index (χ0) is 12.8. The molecule has 2 heterocycles. The minimum atomic E-state index is -0.502. The van der Waals surface area contributed by atoms with Crippen molar-refractivity contribution in [3.8, 4) is 0 Å². The number of rotatable bonds is 5. The van der Waals surface area contributed by atoms with Crippen LogP contribution in [0.25, 0.3) is 0 Å². The van der Waals surface area contributed by atoms with E-state index in [1.165, 1.54) is 5.56 Å². The third kappa shape index (κ3) is 4.05. The number of hydrogen-bond acceptors (Lipinski definition) is 4. The first-order valence-corrected chi connectivity index (χ1v) is 6.69. The predicted molar refractivity (Wildman–Crippen MR) is 72.5 cm³/mol. The van der Waals surface area contributed by atoms with Crippen LogP contribution in [0.4, 0.5) is 0 Å². The molecule has 0 aliphatic carbocycles. The largest absolute Gasteiger partial charge is 0.388 e. The van der Waals surface area contributed by atoms with Gasteiger partial charge in [0.1, 0.15) is 0 Å². The zero-order valence-corrected chi connectivity index (χ0v) is 11.1. The number of aliphatic hydroxyl groups is 1. The Kier molecular flexibility index (Phi) is 4.69. The minimum absolute atomic E-state index is 0.502. The van der Waals surface area contributed by atoms with Crippen molar-refractivity contribution in [1.82, 2.24) is 15.2 Å². The number of nitrogens with one attached hydrogen (secondary N) is 1. The Hall–Kier alpha value is -0.970. The van der Waals surface area contributed by atoms with Crippen molar-refractivity contribution >= 4 is 0 Å². The number of piperidine rings is 1. The Balaban J connectivity index is 1.76. The SMILES string of the molecule is CN(CCc1ccncc1)CC1(O)CCNCC1. The lowest BCUT2D eigenvalue weighted by Crippen LogP contribution is -2.49.